The maximum absolute atomic E-state index is 13.2. The van der Waals surface area contributed by atoms with E-state index in [9.17, 15) is 42.1 Å². The second-order valence-electron chi connectivity index (χ2n) is 22.2. The van der Waals surface area contributed by atoms with Gasteiger partial charge in [0.15, 0.2) is 19.7 Å². The molecule has 0 aromatic heterocycles. The molecular weight excluding hydrogens is 1240 g/mol. The normalized spacial score (nSPS) is 16.5. The Labute approximate surface area is 522 Å². The van der Waals surface area contributed by atoms with Gasteiger partial charge in [0.1, 0.15) is 0 Å². The molecule has 3 aliphatic rings. The first-order valence-corrected chi connectivity index (χ1v) is 36.9. The lowest BCUT2D eigenvalue weighted by Gasteiger charge is -2.26. The molecule has 8 aromatic carbocycles. The number of hydrogen-bond donors (Lipinski definition) is 3. The molecule has 0 radical (unpaired) electrons. The largest absolute Gasteiger partial charge is 0.379 e. The van der Waals surface area contributed by atoms with Gasteiger partial charge in [0.05, 0.1) is 50.9 Å². The molecule has 88 heavy (non-hydrogen) atoms. The first-order valence-electron chi connectivity index (χ1n) is 28.5. The highest BCUT2D eigenvalue weighted by Gasteiger charge is 2.25. The maximum atomic E-state index is 13.2. The molecule has 25 heteroatoms. The lowest BCUT2D eigenvalue weighted by atomic mass is 10.1. The average molecular weight is 1310 g/mol. The summed E-state index contributed by atoms with van der Waals surface area (Å²) in [6, 6.07) is 49.9. The summed E-state index contributed by atoms with van der Waals surface area (Å²) in [5.74, 6) is 0.745. The first kappa shape index (κ1) is 65.6. The Bertz CT molecular complexity index is 4290. The molecule has 3 saturated heterocycles. The number of morpholine rings is 1. The van der Waals surface area contributed by atoms with E-state index in [-0.39, 0.29) is 37.7 Å². The van der Waals surface area contributed by atoms with Gasteiger partial charge in [0.2, 0.25) is 0 Å². The van der Waals surface area contributed by atoms with Crippen molar-refractivity contribution in [3.8, 4) is 0 Å². The van der Waals surface area contributed by atoms with Crippen molar-refractivity contribution in [2.45, 2.75) is 34.3 Å². The lowest BCUT2D eigenvalue weighted by molar-refractivity contribution is 0.0342. The quantitative estimate of drug-likeness (QED) is 0.0773. The van der Waals surface area contributed by atoms with Gasteiger partial charge in [-0.05, 0) is 102 Å². The summed E-state index contributed by atoms with van der Waals surface area (Å²) in [5, 5.41) is 3.63. The van der Waals surface area contributed by atoms with Crippen LogP contribution in [0.2, 0.25) is 5.02 Å². The average Bonchev–Trinajstić information content (AvgIpc) is 1.22. The van der Waals surface area contributed by atoms with Crippen molar-refractivity contribution in [2.24, 2.45) is 0 Å². The monoisotopic (exact) mass is 1310 g/mol. The molecule has 0 atom stereocenters. The third-order valence-corrected chi connectivity index (χ3v) is 22.9. The minimum atomic E-state index is -3.78. The molecule has 8 aromatic rings. The van der Waals surface area contributed by atoms with Gasteiger partial charge in [-0.25, -0.2) is 42.1 Å². The number of rotatable bonds is 17. The van der Waals surface area contributed by atoms with Crippen molar-refractivity contribution < 1.29 is 46.8 Å². The number of fused-ring (bicyclic) bond motifs is 2. The molecule has 0 aliphatic carbocycles. The van der Waals surface area contributed by atoms with Crippen molar-refractivity contribution in [2.75, 3.05) is 128 Å². The van der Waals surface area contributed by atoms with Crippen molar-refractivity contribution in [1.29, 1.82) is 0 Å². The van der Waals surface area contributed by atoms with E-state index >= 15 is 0 Å². The fourth-order valence-corrected chi connectivity index (χ4v) is 16.7. The molecule has 468 valence electrons. The second kappa shape index (κ2) is 28.3. The lowest BCUT2D eigenvalue weighted by Crippen LogP contribution is -2.39. The van der Waals surface area contributed by atoms with E-state index in [1.165, 1.54) is 24.3 Å². The Morgan fingerprint density at radius 1 is 0.409 bits per heavy atom. The van der Waals surface area contributed by atoms with Crippen molar-refractivity contribution in [1.82, 2.24) is 14.7 Å². The second-order valence-corrected chi connectivity index (χ2v) is 32.2. The van der Waals surface area contributed by atoms with Gasteiger partial charge >= 0.3 is 0 Å². The number of sulfonamides is 3. The molecule has 3 heterocycles. The predicted octanol–water partition coefficient (Wildman–Crippen LogP) is 8.85. The molecular formula is C63H73ClN8O11S5. The van der Waals surface area contributed by atoms with Crippen LogP contribution in [0.1, 0.15) is 16.7 Å². The molecule has 0 unspecified atom stereocenters. The summed E-state index contributed by atoms with van der Waals surface area (Å²) >= 11 is 5.78. The summed E-state index contributed by atoms with van der Waals surface area (Å²) in [7, 11) is -9.20. The number of hydrogen-bond acceptors (Lipinski definition) is 16. The number of ether oxygens (including phenoxy) is 1. The van der Waals surface area contributed by atoms with E-state index in [0.29, 0.717) is 72.1 Å². The smallest absolute Gasteiger partial charge is 0.262 e. The number of sulfone groups is 2. The summed E-state index contributed by atoms with van der Waals surface area (Å²) < 4.78 is 137. The summed E-state index contributed by atoms with van der Waals surface area (Å²) in [6.45, 7) is 7.57. The van der Waals surface area contributed by atoms with E-state index < -0.39 is 49.7 Å². The first-order chi connectivity index (χ1) is 41.8. The van der Waals surface area contributed by atoms with E-state index in [4.69, 9.17) is 16.3 Å². The zero-order valence-corrected chi connectivity index (χ0v) is 54.3. The topological polar surface area (TPSA) is 232 Å². The number of benzene rings is 8. The fraction of sp³-hybridized carbons (Fsp3) is 0.302. The number of nitrogens with one attached hydrogen (secondary N) is 3. The maximum Gasteiger partial charge on any atom is 0.262 e. The summed E-state index contributed by atoms with van der Waals surface area (Å²) in [6.07, 6.45) is 0. The molecule has 3 aliphatic heterocycles. The van der Waals surface area contributed by atoms with Gasteiger partial charge < -0.3 is 14.5 Å². The van der Waals surface area contributed by atoms with Crippen LogP contribution in [0.4, 0.5) is 28.4 Å². The molecule has 3 N–H and O–H groups in total. The van der Waals surface area contributed by atoms with Crippen molar-refractivity contribution in [3.63, 3.8) is 0 Å². The van der Waals surface area contributed by atoms with Crippen LogP contribution in [-0.2, 0) is 74.1 Å². The Morgan fingerprint density at radius 3 is 1.08 bits per heavy atom. The highest BCUT2D eigenvalue weighted by atomic mass is 35.5. The van der Waals surface area contributed by atoms with Crippen LogP contribution in [0.3, 0.4) is 0 Å². The molecule has 3 fully saturated rings. The van der Waals surface area contributed by atoms with Crippen LogP contribution in [0.15, 0.2) is 185 Å². The minimum absolute atomic E-state index is 0.139. The van der Waals surface area contributed by atoms with E-state index in [1.54, 1.807) is 48.5 Å². The Kier molecular flexibility index (Phi) is 21.1. The zero-order valence-electron chi connectivity index (χ0n) is 49.4. The Hall–Kier alpha value is -6.84. The molecule has 19 nitrogen and oxygen atoms in total. The van der Waals surface area contributed by atoms with Gasteiger partial charge in [0.25, 0.3) is 30.1 Å². The standard InChI is InChI=1S/C23H27N3O4S2.C23H27N3O3S.C17H19ClN2O4S2/c1-25(2)22-7-3-6-21-20(22)5-4-8-23(21)32(29,30)24-19-11-9-18(10-12-19)17-26-13-15-31(27,28)16-14-26;1-25(2)22-7-3-6-21-20(22)5-4-8-23(21)30(27,28)24-19-11-9-18(10-12-19)17-26-13-15-29-16-14-26;18-15-3-7-17(8-4-15)26(23,24)19-16-5-1-14(2-6-16)13-20-9-11-25(21,22)12-10-20/h3-12,24H,13-17H2,1-2H3;3-12,24H,13-17H2,1-2H3;1-8,19H,9-13H2. The SMILES string of the molecule is CN(C)c1cccc2c(S(=O)(=O)Nc3ccc(CN4CCOCC4)cc3)cccc12.CN(C)c1cccc2c(S(=O)(=O)Nc3ccc(CN4CCS(=O)(=O)CC4)cc3)cccc12.O=S1(=O)CCN(Cc2ccc(NS(=O)(=O)c3ccc(Cl)cc3)cc2)CC1. The molecule has 0 spiro atoms. The molecule has 0 saturated carbocycles. The number of halogens is 1. The van der Waals surface area contributed by atoms with Crippen LogP contribution >= 0.6 is 11.6 Å². The minimum Gasteiger partial charge on any atom is -0.379 e. The Morgan fingerprint density at radius 2 is 0.727 bits per heavy atom. The van der Waals surface area contributed by atoms with Crippen molar-refractivity contribution >= 4 is 111 Å². The number of nitrogens with zero attached hydrogens (tertiary/aromatic N) is 5. The van der Waals surface area contributed by atoms with Crippen LogP contribution in [0.5, 0.6) is 0 Å². The third-order valence-electron chi connectivity index (χ3n) is 15.2. The third kappa shape index (κ3) is 17.5. The highest BCUT2D eigenvalue weighted by molar-refractivity contribution is 7.93. The van der Waals surface area contributed by atoms with Crippen LogP contribution in [-0.4, -0.2) is 160 Å². The van der Waals surface area contributed by atoms with Crippen LogP contribution < -0.4 is 24.0 Å². The highest BCUT2D eigenvalue weighted by Crippen LogP contribution is 2.33. The van der Waals surface area contributed by atoms with E-state index in [0.717, 1.165) is 71.7 Å². The summed E-state index contributed by atoms with van der Waals surface area (Å²) in [5.41, 5.74) is 6.60. The fourth-order valence-electron chi connectivity index (χ4n) is 10.4. The molecule has 0 bridgehead atoms. The predicted molar refractivity (Wildman–Crippen MR) is 354 cm³/mol. The van der Waals surface area contributed by atoms with Crippen LogP contribution in [0, 0.1) is 0 Å². The van der Waals surface area contributed by atoms with E-state index in [2.05, 4.69) is 28.9 Å². The van der Waals surface area contributed by atoms with Gasteiger partial charge in [-0.1, -0.05) is 96.5 Å². The zero-order chi connectivity index (χ0) is 62.9. The van der Waals surface area contributed by atoms with Gasteiger partial charge in [-0.2, -0.15) is 0 Å². The van der Waals surface area contributed by atoms with Gasteiger partial charge in [-0.15, -0.1) is 0 Å². The number of anilines is 5. The van der Waals surface area contributed by atoms with Gasteiger partial charge in [-0.3, -0.25) is 28.9 Å². The molecule has 11 rings (SSSR count). The Balaban J connectivity index is 0.000000158. The van der Waals surface area contributed by atoms with E-state index in [1.807, 2.05) is 135 Å². The van der Waals surface area contributed by atoms with Gasteiger partial charge in [0, 0.05) is 142 Å². The summed E-state index contributed by atoms with van der Waals surface area (Å²) in [4.78, 5) is 11.1. The molecule has 0 amide bonds. The van der Waals surface area contributed by atoms with Crippen LogP contribution in [0.25, 0.3) is 21.5 Å². The van der Waals surface area contributed by atoms with Crippen molar-refractivity contribution in [3.05, 3.63) is 192 Å².